The maximum Gasteiger partial charge on any atom is 0.260 e. The van der Waals surface area contributed by atoms with Crippen LogP contribution in [0.15, 0.2) is 24.3 Å². The third kappa shape index (κ3) is 3.86. The summed E-state index contributed by atoms with van der Waals surface area (Å²) < 4.78 is 10.5. The molecule has 0 unspecified atom stereocenters. The van der Waals surface area contributed by atoms with Gasteiger partial charge in [0.1, 0.15) is 11.5 Å². The number of methoxy groups -OCH3 is 1. The van der Waals surface area contributed by atoms with Gasteiger partial charge >= 0.3 is 0 Å². The molecule has 1 amide bonds. The lowest BCUT2D eigenvalue weighted by Gasteiger charge is -2.29. The SMILES string of the molecule is COc1ccc(OCC(=O)N2CCC(O)CC2)cc1. The average molecular weight is 265 g/mol. The van der Waals surface area contributed by atoms with Crippen molar-refractivity contribution in [1.29, 1.82) is 0 Å². The van der Waals surface area contributed by atoms with Gasteiger partial charge in [-0.15, -0.1) is 0 Å². The van der Waals surface area contributed by atoms with Crippen LogP contribution in [-0.2, 0) is 4.79 Å². The molecule has 0 radical (unpaired) electrons. The summed E-state index contributed by atoms with van der Waals surface area (Å²) in [6.45, 7) is 1.24. The summed E-state index contributed by atoms with van der Waals surface area (Å²) in [5.74, 6) is 1.36. The van der Waals surface area contributed by atoms with E-state index >= 15 is 0 Å². The van der Waals surface area contributed by atoms with Crippen LogP contribution < -0.4 is 9.47 Å². The lowest BCUT2D eigenvalue weighted by atomic mass is 10.1. The molecule has 1 aliphatic rings. The highest BCUT2D eigenvalue weighted by molar-refractivity contribution is 5.77. The first-order valence-corrected chi connectivity index (χ1v) is 6.41. The fourth-order valence-electron chi connectivity index (χ4n) is 2.02. The van der Waals surface area contributed by atoms with Crippen LogP contribution in [-0.4, -0.2) is 48.8 Å². The van der Waals surface area contributed by atoms with Crippen molar-refractivity contribution in [3.8, 4) is 11.5 Å². The van der Waals surface area contributed by atoms with Gasteiger partial charge in [-0.25, -0.2) is 0 Å². The zero-order valence-electron chi connectivity index (χ0n) is 11.0. The molecule has 2 rings (SSSR count). The normalized spacial score (nSPS) is 16.2. The molecule has 1 N–H and O–H groups in total. The monoisotopic (exact) mass is 265 g/mol. The highest BCUT2D eigenvalue weighted by atomic mass is 16.5. The number of amides is 1. The number of ether oxygens (including phenoxy) is 2. The predicted octanol–water partition coefficient (Wildman–Crippen LogP) is 1.06. The summed E-state index contributed by atoms with van der Waals surface area (Å²) in [5, 5.41) is 9.38. The van der Waals surface area contributed by atoms with Crippen LogP contribution in [0.1, 0.15) is 12.8 Å². The number of hydrogen-bond acceptors (Lipinski definition) is 4. The van der Waals surface area contributed by atoms with E-state index in [4.69, 9.17) is 9.47 Å². The number of likely N-dealkylation sites (tertiary alicyclic amines) is 1. The second-order valence-corrected chi connectivity index (χ2v) is 4.58. The number of hydrogen-bond donors (Lipinski definition) is 1. The van der Waals surface area contributed by atoms with E-state index in [0.717, 1.165) is 5.75 Å². The summed E-state index contributed by atoms with van der Waals surface area (Å²) in [6.07, 6.45) is 1.02. The van der Waals surface area contributed by atoms with E-state index in [0.29, 0.717) is 31.7 Å². The molecule has 0 spiro atoms. The van der Waals surface area contributed by atoms with Crippen molar-refractivity contribution >= 4 is 5.91 Å². The van der Waals surface area contributed by atoms with E-state index < -0.39 is 0 Å². The third-order valence-electron chi connectivity index (χ3n) is 3.24. The van der Waals surface area contributed by atoms with Gasteiger partial charge in [0.15, 0.2) is 6.61 Å². The van der Waals surface area contributed by atoms with Crippen LogP contribution in [0.5, 0.6) is 11.5 Å². The predicted molar refractivity (Wildman–Crippen MR) is 70.3 cm³/mol. The Morgan fingerprint density at radius 2 is 1.84 bits per heavy atom. The van der Waals surface area contributed by atoms with E-state index in [1.54, 1.807) is 36.3 Å². The maximum atomic E-state index is 11.9. The molecule has 5 heteroatoms. The van der Waals surface area contributed by atoms with Crippen LogP contribution in [0.2, 0.25) is 0 Å². The molecule has 0 aromatic heterocycles. The van der Waals surface area contributed by atoms with Gasteiger partial charge in [0, 0.05) is 13.1 Å². The molecule has 0 aliphatic carbocycles. The minimum atomic E-state index is -0.272. The second kappa shape index (κ2) is 6.43. The van der Waals surface area contributed by atoms with E-state index in [-0.39, 0.29) is 18.6 Å². The summed E-state index contributed by atoms with van der Waals surface area (Å²) in [5.41, 5.74) is 0. The zero-order chi connectivity index (χ0) is 13.7. The Labute approximate surface area is 112 Å². The fraction of sp³-hybridized carbons (Fsp3) is 0.500. The summed E-state index contributed by atoms with van der Waals surface area (Å²) in [4.78, 5) is 13.6. The average Bonchev–Trinajstić information content (AvgIpc) is 2.46. The van der Waals surface area contributed by atoms with E-state index in [9.17, 15) is 9.90 Å². The lowest BCUT2D eigenvalue weighted by molar-refractivity contribution is -0.135. The minimum Gasteiger partial charge on any atom is -0.497 e. The number of carbonyl (C=O) groups excluding carboxylic acids is 1. The largest absolute Gasteiger partial charge is 0.497 e. The third-order valence-corrected chi connectivity index (χ3v) is 3.24. The van der Waals surface area contributed by atoms with Gasteiger partial charge in [0.25, 0.3) is 5.91 Å². The van der Waals surface area contributed by atoms with Crippen LogP contribution in [0.4, 0.5) is 0 Å². The minimum absolute atomic E-state index is 0.0302. The molecule has 1 heterocycles. The Balaban J connectivity index is 1.79. The number of benzene rings is 1. The van der Waals surface area contributed by atoms with Crippen LogP contribution in [0, 0.1) is 0 Å². The standard InChI is InChI=1S/C14H19NO4/c1-18-12-2-4-13(5-3-12)19-10-14(17)15-8-6-11(16)7-9-15/h2-5,11,16H,6-10H2,1H3. The molecule has 1 saturated heterocycles. The van der Waals surface area contributed by atoms with Crippen molar-refractivity contribution in [1.82, 2.24) is 4.90 Å². The first kappa shape index (κ1) is 13.7. The van der Waals surface area contributed by atoms with Crippen LogP contribution in [0.25, 0.3) is 0 Å². The van der Waals surface area contributed by atoms with Crippen molar-refractivity contribution < 1.29 is 19.4 Å². The van der Waals surface area contributed by atoms with E-state index in [1.165, 1.54) is 0 Å². The summed E-state index contributed by atoms with van der Waals surface area (Å²) in [6, 6.07) is 7.12. The quantitative estimate of drug-likeness (QED) is 0.884. The molecule has 19 heavy (non-hydrogen) atoms. The Morgan fingerprint density at radius 3 is 2.42 bits per heavy atom. The fourth-order valence-corrected chi connectivity index (χ4v) is 2.02. The highest BCUT2D eigenvalue weighted by Gasteiger charge is 2.21. The van der Waals surface area contributed by atoms with Crippen molar-refractivity contribution in [2.45, 2.75) is 18.9 Å². The molecule has 1 fully saturated rings. The van der Waals surface area contributed by atoms with Gasteiger partial charge < -0.3 is 19.5 Å². The Morgan fingerprint density at radius 1 is 1.26 bits per heavy atom. The van der Waals surface area contributed by atoms with E-state index in [2.05, 4.69) is 0 Å². The van der Waals surface area contributed by atoms with Crippen LogP contribution >= 0.6 is 0 Å². The van der Waals surface area contributed by atoms with Crippen molar-refractivity contribution in [3.05, 3.63) is 24.3 Å². The summed E-state index contributed by atoms with van der Waals surface area (Å²) in [7, 11) is 1.60. The van der Waals surface area contributed by atoms with Gasteiger partial charge in [0.05, 0.1) is 13.2 Å². The molecule has 1 aliphatic heterocycles. The first-order valence-electron chi connectivity index (χ1n) is 6.41. The molecular weight excluding hydrogens is 246 g/mol. The van der Waals surface area contributed by atoms with Crippen molar-refractivity contribution in [3.63, 3.8) is 0 Å². The maximum absolute atomic E-state index is 11.9. The molecule has 0 atom stereocenters. The molecule has 104 valence electrons. The van der Waals surface area contributed by atoms with Gasteiger partial charge in [-0.3, -0.25) is 4.79 Å². The number of nitrogens with zero attached hydrogens (tertiary/aromatic N) is 1. The number of carbonyl (C=O) groups is 1. The first-order chi connectivity index (χ1) is 9.19. The number of aliphatic hydroxyl groups is 1. The van der Waals surface area contributed by atoms with Gasteiger partial charge in [-0.2, -0.15) is 0 Å². The number of rotatable bonds is 4. The summed E-state index contributed by atoms with van der Waals surface area (Å²) >= 11 is 0. The second-order valence-electron chi connectivity index (χ2n) is 4.58. The topological polar surface area (TPSA) is 59.0 Å². The van der Waals surface area contributed by atoms with Crippen molar-refractivity contribution in [2.75, 3.05) is 26.8 Å². The zero-order valence-corrected chi connectivity index (χ0v) is 11.0. The number of aliphatic hydroxyl groups excluding tert-OH is 1. The molecule has 0 saturated carbocycles. The molecule has 1 aromatic carbocycles. The van der Waals surface area contributed by atoms with Gasteiger partial charge in [-0.1, -0.05) is 0 Å². The van der Waals surface area contributed by atoms with Crippen molar-refractivity contribution in [2.24, 2.45) is 0 Å². The Hall–Kier alpha value is -1.75. The van der Waals surface area contributed by atoms with Gasteiger partial charge in [-0.05, 0) is 37.1 Å². The molecular formula is C14H19NO4. The Kier molecular flexibility index (Phi) is 4.63. The highest BCUT2D eigenvalue weighted by Crippen LogP contribution is 2.17. The van der Waals surface area contributed by atoms with Crippen LogP contribution in [0.3, 0.4) is 0 Å². The molecule has 1 aromatic rings. The molecule has 5 nitrogen and oxygen atoms in total. The lowest BCUT2D eigenvalue weighted by Crippen LogP contribution is -2.42. The Bertz CT molecular complexity index is 410. The number of piperidine rings is 1. The van der Waals surface area contributed by atoms with Gasteiger partial charge in [0.2, 0.25) is 0 Å². The molecule has 0 bridgehead atoms. The smallest absolute Gasteiger partial charge is 0.260 e. The van der Waals surface area contributed by atoms with E-state index in [1.807, 2.05) is 0 Å².